The summed E-state index contributed by atoms with van der Waals surface area (Å²) in [6, 6.07) is 8.96. The molecular weight excluding hydrogens is 795 g/mol. The number of benzene rings is 2. The molecule has 0 unspecified atom stereocenters. The Morgan fingerprint density at radius 2 is 1.15 bits per heavy atom. The molecule has 0 spiro atoms. The van der Waals surface area contributed by atoms with Crippen molar-refractivity contribution in [3.63, 3.8) is 0 Å². The molecule has 0 aliphatic heterocycles. The molecule has 330 valence electrons. The summed E-state index contributed by atoms with van der Waals surface area (Å²) in [7, 11) is 0. The highest BCUT2D eigenvalue weighted by Gasteiger charge is 2.34. The van der Waals surface area contributed by atoms with Crippen molar-refractivity contribution >= 4 is 59.1 Å². The van der Waals surface area contributed by atoms with Crippen LogP contribution in [-0.4, -0.2) is 108 Å². The average Bonchev–Trinajstić information content (AvgIpc) is 3.20. The Balaban J connectivity index is 2.10. The second-order valence-corrected chi connectivity index (χ2v) is 14.6. The number of carbonyl (C=O) groups excluding carboxylic acids is 9. The highest BCUT2D eigenvalue weighted by Crippen LogP contribution is 2.15. The van der Waals surface area contributed by atoms with E-state index in [0.717, 1.165) is 12.2 Å². The van der Waals surface area contributed by atoms with Crippen molar-refractivity contribution in [3.05, 3.63) is 83.9 Å². The molecule has 0 saturated heterocycles. The average molecular weight is 850 g/mol. The van der Waals surface area contributed by atoms with Gasteiger partial charge in [-0.05, 0) is 29.9 Å². The van der Waals surface area contributed by atoms with Gasteiger partial charge in [0.2, 0.25) is 53.2 Å². The molecule has 20 nitrogen and oxygen atoms in total. The van der Waals surface area contributed by atoms with E-state index >= 15 is 0 Å². The maximum absolute atomic E-state index is 13.8. The van der Waals surface area contributed by atoms with E-state index in [-0.39, 0.29) is 12.3 Å². The van der Waals surface area contributed by atoms with E-state index < -0.39 is 114 Å². The van der Waals surface area contributed by atoms with Gasteiger partial charge in [0.1, 0.15) is 36.3 Å². The van der Waals surface area contributed by atoms with Gasteiger partial charge in [0.25, 0.3) is 0 Å². The Morgan fingerprint density at radius 3 is 1.67 bits per heavy atom. The first-order valence-corrected chi connectivity index (χ1v) is 19.3. The maximum atomic E-state index is 13.8. The van der Waals surface area contributed by atoms with Gasteiger partial charge in [0.05, 0.1) is 6.54 Å². The number of amides is 9. The fraction of sp³-hybridized carbons (Fsp3) is 0.415. The summed E-state index contributed by atoms with van der Waals surface area (Å²) in [4.78, 5) is 127. The fourth-order valence-electron chi connectivity index (χ4n) is 5.54. The summed E-state index contributed by atoms with van der Waals surface area (Å²) in [6.07, 6.45) is 1.52. The number of hydrogen-bond acceptors (Lipinski definition) is 10. The van der Waals surface area contributed by atoms with Crippen LogP contribution in [0.5, 0.6) is 0 Å². The molecular formula is C41H55N9O11. The number of nitrogens with one attached hydrogen (secondary N) is 8. The molecule has 0 bridgehead atoms. The molecule has 0 radical (unpaired) electrons. The molecule has 6 atom stereocenters. The van der Waals surface area contributed by atoms with Gasteiger partial charge in [0, 0.05) is 32.0 Å². The Kier molecular flexibility index (Phi) is 20.3. The quantitative estimate of drug-likeness (QED) is 0.0558. The molecule has 2 rings (SSSR count). The van der Waals surface area contributed by atoms with Crippen molar-refractivity contribution in [3.8, 4) is 0 Å². The number of carboxylic acids is 1. The Hall–Kier alpha value is -7.12. The van der Waals surface area contributed by atoms with Gasteiger partial charge in [-0.3, -0.25) is 43.2 Å². The smallest absolute Gasteiger partial charge is 0.326 e. The first-order valence-electron chi connectivity index (χ1n) is 19.3. The number of nitrogens with two attached hydrogens (primary N) is 1. The van der Waals surface area contributed by atoms with Crippen molar-refractivity contribution in [2.45, 2.75) is 84.2 Å². The van der Waals surface area contributed by atoms with Crippen LogP contribution in [0.4, 0.5) is 0 Å². The van der Waals surface area contributed by atoms with Gasteiger partial charge in [-0.25, -0.2) is 4.79 Å². The van der Waals surface area contributed by atoms with Crippen molar-refractivity contribution in [1.29, 1.82) is 0 Å². The van der Waals surface area contributed by atoms with Crippen LogP contribution in [0.3, 0.4) is 0 Å². The second kappa shape index (κ2) is 24.7. The number of aliphatic carboxylic acids is 1. The maximum Gasteiger partial charge on any atom is 0.326 e. The van der Waals surface area contributed by atoms with Crippen LogP contribution in [0.15, 0.2) is 72.8 Å². The Morgan fingerprint density at radius 1 is 0.607 bits per heavy atom. The van der Waals surface area contributed by atoms with Crippen LogP contribution in [0.2, 0.25) is 0 Å². The SMILES string of the molecule is CC(=O)NC[C@H](NC(=O)/C=C/C(=O)N[C@@H](C)C(=O)NCC(=O)N[C@@H](Cc1ccccc1)C(=O)O)C(=O)N[C@H](C(=O)N[C@H](C(=O)N[C@H](C(N)=O)C(C)C)C(C)C)c1ccccc1. The zero-order chi connectivity index (χ0) is 45.8. The van der Waals surface area contributed by atoms with E-state index in [1.165, 1.54) is 26.0 Å². The van der Waals surface area contributed by atoms with Crippen LogP contribution in [-0.2, 0) is 54.4 Å². The summed E-state index contributed by atoms with van der Waals surface area (Å²) >= 11 is 0. The lowest BCUT2D eigenvalue weighted by Gasteiger charge is -2.28. The first kappa shape index (κ1) is 50.0. The van der Waals surface area contributed by atoms with Crippen molar-refractivity contribution in [1.82, 2.24) is 42.5 Å². The Labute approximate surface area is 353 Å². The summed E-state index contributed by atoms with van der Waals surface area (Å²) < 4.78 is 0. The first-order chi connectivity index (χ1) is 28.7. The van der Waals surface area contributed by atoms with Gasteiger partial charge in [0.15, 0.2) is 0 Å². The third-order valence-corrected chi connectivity index (χ3v) is 8.86. The Bertz CT molecular complexity index is 1920. The van der Waals surface area contributed by atoms with Crippen LogP contribution in [0, 0.1) is 11.8 Å². The van der Waals surface area contributed by atoms with E-state index in [2.05, 4.69) is 42.5 Å². The minimum absolute atomic E-state index is 0.00716. The molecule has 20 heteroatoms. The van der Waals surface area contributed by atoms with Gasteiger partial charge in [-0.1, -0.05) is 88.4 Å². The largest absolute Gasteiger partial charge is 0.480 e. The molecule has 0 aliphatic rings. The third-order valence-electron chi connectivity index (χ3n) is 8.86. The number of carbonyl (C=O) groups is 10. The van der Waals surface area contributed by atoms with Crippen molar-refractivity contribution in [2.24, 2.45) is 17.6 Å². The number of hydrogen-bond donors (Lipinski definition) is 10. The minimum Gasteiger partial charge on any atom is -0.480 e. The van der Waals surface area contributed by atoms with Crippen LogP contribution >= 0.6 is 0 Å². The monoisotopic (exact) mass is 849 g/mol. The van der Waals surface area contributed by atoms with Gasteiger partial charge in [-0.15, -0.1) is 0 Å². The summed E-state index contributed by atoms with van der Waals surface area (Å²) in [5.41, 5.74) is 6.42. The van der Waals surface area contributed by atoms with E-state index in [1.807, 2.05) is 0 Å². The molecule has 0 fully saturated rings. The summed E-state index contributed by atoms with van der Waals surface area (Å²) in [6.45, 7) is 8.11. The number of primary amides is 1. The summed E-state index contributed by atoms with van der Waals surface area (Å²) in [5.74, 6) is -9.36. The van der Waals surface area contributed by atoms with Gasteiger partial charge < -0.3 is 53.4 Å². The lowest BCUT2D eigenvalue weighted by Crippen LogP contribution is -2.58. The second-order valence-electron chi connectivity index (χ2n) is 14.6. The molecule has 2 aromatic rings. The lowest BCUT2D eigenvalue weighted by molar-refractivity contribution is -0.141. The van der Waals surface area contributed by atoms with Crippen molar-refractivity contribution < 1.29 is 53.1 Å². The van der Waals surface area contributed by atoms with Crippen LogP contribution in [0.1, 0.15) is 58.7 Å². The van der Waals surface area contributed by atoms with Crippen LogP contribution < -0.4 is 48.3 Å². The normalized spacial score (nSPS) is 13.9. The van der Waals surface area contributed by atoms with E-state index in [0.29, 0.717) is 11.1 Å². The topological polar surface area (TPSA) is 313 Å². The lowest BCUT2D eigenvalue weighted by atomic mass is 9.98. The third kappa shape index (κ3) is 17.7. The zero-order valence-electron chi connectivity index (χ0n) is 34.8. The molecule has 61 heavy (non-hydrogen) atoms. The van der Waals surface area contributed by atoms with Gasteiger partial charge >= 0.3 is 5.97 Å². The fourth-order valence-corrected chi connectivity index (χ4v) is 5.54. The molecule has 0 aliphatic carbocycles. The molecule has 11 N–H and O–H groups in total. The molecule has 0 saturated carbocycles. The van der Waals surface area contributed by atoms with Crippen LogP contribution in [0.25, 0.3) is 0 Å². The highest BCUT2D eigenvalue weighted by molar-refractivity contribution is 6.01. The number of carboxylic acid groups (broad SMARTS) is 1. The minimum atomic E-state index is -1.50. The number of rotatable bonds is 23. The molecule has 9 amide bonds. The molecule has 2 aromatic carbocycles. The standard InChI is InChI=1S/C41H55N9O11/c1-22(2)33(36(42)55)48-39(58)34(23(3)4)49-40(59)35(27-15-11-8-12-16-27)50-38(57)29(20-43-25(6)51)47-31(53)18-17-30(52)45-24(5)37(56)44-21-32(54)46-28(41(60)61)19-26-13-9-7-10-14-26/h7-18,22-24,28-29,33-35H,19-21H2,1-6H3,(H2,42,55)(H,43,51)(H,44,56)(H,45,52)(H,46,54)(H,47,53)(H,48,58)(H,49,59)(H,50,57)(H,60,61)/b18-17+/t24-,28-,29-,33-,34-,35-/m0/s1. The highest BCUT2D eigenvalue weighted by atomic mass is 16.4. The predicted molar refractivity (Wildman–Crippen MR) is 220 cm³/mol. The summed E-state index contributed by atoms with van der Waals surface area (Å²) in [5, 5.41) is 28.9. The van der Waals surface area contributed by atoms with E-state index in [4.69, 9.17) is 5.73 Å². The van der Waals surface area contributed by atoms with Gasteiger partial charge in [-0.2, -0.15) is 0 Å². The molecule has 0 heterocycles. The van der Waals surface area contributed by atoms with Crippen molar-refractivity contribution in [2.75, 3.05) is 13.1 Å². The predicted octanol–water partition coefficient (Wildman–Crippen LogP) is -1.78. The zero-order valence-corrected chi connectivity index (χ0v) is 34.8. The van der Waals surface area contributed by atoms with E-state index in [1.54, 1.807) is 76.2 Å². The molecule has 0 aromatic heterocycles. The van der Waals surface area contributed by atoms with E-state index in [9.17, 15) is 53.1 Å².